The summed E-state index contributed by atoms with van der Waals surface area (Å²) in [6, 6.07) is 5.88. The van der Waals surface area contributed by atoms with E-state index in [9.17, 15) is 14.4 Å². The van der Waals surface area contributed by atoms with Gasteiger partial charge in [-0.05, 0) is 36.5 Å². The average molecular weight is 607 g/mol. The summed E-state index contributed by atoms with van der Waals surface area (Å²) in [5.74, 6) is -0.648. The van der Waals surface area contributed by atoms with Crippen LogP contribution < -0.4 is 5.32 Å². The molecule has 8 nitrogen and oxygen atoms in total. The number of nitrogens with zero attached hydrogens (tertiary/aromatic N) is 2. The molecule has 3 heterocycles. The highest BCUT2D eigenvalue weighted by Crippen LogP contribution is 2.34. The van der Waals surface area contributed by atoms with E-state index in [1.165, 1.54) is 0 Å². The van der Waals surface area contributed by atoms with Crippen molar-refractivity contribution < 1.29 is 19.1 Å². The number of ketones is 1. The number of fused-ring (bicyclic) bond motifs is 1. The Morgan fingerprint density at radius 2 is 1.84 bits per heavy atom. The molecule has 13 heteroatoms. The first-order chi connectivity index (χ1) is 16.0. The van der Waals surface area contributed by atoms with Crippen LogP contribution in [0.3, 0.4) is 0 Å². The van der Waals surface area contributed by atoms with E-state index in [-0.39, 0.29) is 90.6 Å². The molecular formula is C24H35ClN4O4S4. The molecule has 2 amide bonds. The van der Waals surface area contributed by atoms with Gasteiger partial charge in [0.1, 0.15) is 24.8 Å². The van der Waals surface area contributed by atoms with Crippen LogP contribution in [0.25, 0.3) is 11.1 Å². The molecule has 1 aromatic heterocycles. The van der Waals surface area contributed by atoms with E-state index >= 15 is 0 Å². The molecule has 1 aliphatic carbocycles. The van der Waals surface area contributed by atoms with Gasteiger partial charge >= 0.3 is 0 Å². The Labute approximate surface area is 249 Å². The van der Waals surface area contributed by atoms with Gasteiger partial charge in [0.15, 0.2) is 5.78 Å². The highest BCUT2D eigenvalue weighted by Gasteiger charge is 2.53. The van der Waals surface area contributed by atoms with Crippen molar-refractivity contribution in [3.05, 3.63) is 42.2 Å². The minimum atomic E-state index is -0.702. The van der Waals surface area contributed by atoms with E-state index in [0.717, 1.165) is 43.2 Å². The normalized spacial score (nSPS) is 23.4. The van der Waals surface area contributed by atoms with Crippen LogP contribution in [0.2, 0.25) is 0 Å². The first kappa shape index (κ1) is 33.7. The summed E-state index contributed by atoms with van der Waals surface area (Å²) in [6.07, 6.45) is 7.88. The minimum Gasteiger partial charge on any atom is -0.366 e. The predicted molar refractivity (Wildman–Crippen MR) is 163 cm³/mol. The van der Waals surface area contributed by atoms with E-state index in [0.29, 0.717) is 5.56 Å². The molecule has 1 saturated carbocycles. The number of likely N-dealkylation sites (tertiary alicyclic amines) is 1. The number of halogens is 1. The molecule has 3 fully saturated rings. The number of ether oxygens (including phenoxy) is 1. The molecule has 2 N–H and O–H groups in total. The van der Waals surface area contributed by atoms with Gasteiger partial charge in [0.05, 0.1) is 11.6 Å². The number of hydrogen-bond acceptors (Lipinski definition) is 5. The number of hydrogen-bond donors (Lipinski definition) is 2. The zero-order valence-corrected chi connectivity index (χ0v) is 25.0. The van der Waals surface area contributed by atoms with Gasteiger partial charge in [-0.15, -0.1) is 11.6 Å². The lowest BCUT2D eigenvalue weighted by molar-refractivity contribution is -0.139. The maximum absolute atomic E-state index is 13.7. The number of Topliss-reactive ketones (excluding diaryl/α,β-unsaturated/α-hetero) is 1. The lowest BCUT2D eigenvalue weighted by Gasteiger charge is -2.34. The van der Waals surface area contributed by atoms with Crippen LogP contribution in [0.15, 0.2) is 36.7 Å². The van der Waals surface area contributed by atoms with Crippen molar-refractivity contribution >= 4 is 83.2 Å². The molecule has 37 heavy (non-hydrogen) atoms. The van der Waals surface area contributed by atoms with E-state index in [1.54, 1.807) is 29.4 Å². The molecule has 0 unspecified atom stereocenters. The fourth-order valence-corrected chi connectivity index (χ4v) is 5.68. The van der Waals surface area contributed by atoms with Crippen molar-refractivity contribution in [3.63, 3.8) is 0 Å². The van der Waals surface area contributed by atoms with E-state index in [4.69, 9.17) is 16.3 Å². The van der Waals surface area contributed by atoms with Crippen LogP contribution in [0, 0.1) is 5.92 Å². The number of aromatic amines is 1. The van der Waals surface area contributed by atoms with Gasteiger partial charge in [0, 0.05) is 23.9 Å². The average Bonchev–Trinajstić information content (AvgIpc) is 3.58. The zero-order valence-electron chi connectivity index (χ0n) is 20.2. The number of H-pyrrole nitrogens is 1. The second kappa shape index (κ2) is 14.7. The largest absolute Gasteiger partial charge is 0.366 e. The van der Waals surface area contributed by atoms with Crippen LogP contribution in [0.4, 0.5) is 0 Å². The monoisotopic (exact) mass is 606 g/mol. The van der Waals surface area contributed by atoms with Crippen molar-refractivity contribution in [2.75, 3.05) is 13.2 Å². The number of alkyl halides is 1. The summed E-state index contributed by atoms with van der Waals surface area (Å²) in [5, 5.41) is 9.32. The van der Waals surface area contributed by atoms with Gasteiger partial charge in [-0.25, -0.2) is 0 Å². The molecular weight excluding hydrogens is 572 g/mol. The minimum absolute atomic E-state index is 0. The fourth-order valence-electron chi connectivity index (χ4n) is 5.32. The SMILES string of the molecule is O=C(N[C@H](C(=O)N1C[C@H](Cl)[C@H]2OCC(=O)[C@H]21)C1CCCCC1)c1cccc(-c2cn[nH]c2)c1.S.S.S.S. The van der Waals surface area contributed by atoms with Gasteiger partial charge in [-0.2, -0.15) is 59.1 Å². The third-order valence-corrected chi connectivity index (χ3v) is 7.42. The Balaban J connectivity index is 0.00000171. The number of rotatable bonds is 5. The van der Waals surface area contributed by atoms with Crippen LogP contribution in [-0.4, -0.2) is 69.4 Å². The van der Waals surface area contributed by atoms with Crippen molar-refractivity contribution in [2.45, 2.75) is 55.7 Å². The maximum atomic E-state index is 13.7. The van der Waals surface area contributed by atoms with Crippen LogP contribution in [-0.2, 0) is 14.3 Å². The van der Waals surface area contributed by atoms with Gasteiger partial charge in [-0.3, -0.25) is 19.5 Å². The first-order valence-corrected chi connectivity index (χ1v) is 12.0. The molecule has 5 rings (SSSR count). The van der Waals surface area contributed by atoms with E-state index < -0.39 is 23.6 Å². The molecule has 1 aromatic carbocycles. The molecule has 0 bridgehead atoms. The second-order valence-corrected chi connectivity index (χ2v) is 9.67. The van der Waals surface area contributed by atoms with Crippen molar-refractivity contribution in [3.8, 4) is 11.1 Å². The highest BCUT2D eigenvalue weighted by molar-refractivity contribution is 7.59. The third-order valence-electron chi connectivity index (χ3n) is 7.04. The van der Waals surface area contributed by atoms with E-state index in [2.05, 4.69) is 15.5 Å². The lowest BCUT2D eigenvalue weighted by atomic mass is 9.83. The molecule has 0 radical (unpaired) electrons. The topological polar surface area (TPSA) is 104 Å². The smallest absolute Gasteiger partial charge is 0.251 e. The predicted octanol–water partition coefficient (Wildman–Crippen LogP) is 2.99. The van der Waals surface area contributed by atoms with Gasteiger partial charge in [0.2, 0.25) is 5.91 Å². The number of nitrogens with one attached hydrogen (secondary N) is 2. The van der Waals surface area contributed by atoms with Crippen molar-refractivity contribution in [1.29, 1.82) is 0 Å². The summed E-state index contributed by atoms with van der Waals surface area (Å²) < 4.78 is 5.54. The Kier molecular flexibility index (Phi) is 13.4. The quantitative estimate of drug-likeness (QED) is 0.509. The molecule has 3 aliphatic rings. The van der Waals surface area contributed by atoms with Crippen LogP contribution in [0.5, 0.6) is 0 Å². The molecule has 2 saturated heterocycles. The lowest BCUT2D eigenvalue weighted by Crippen LogP contribution is -2.55. The zero-order chi connectivity index (χ0) is 22.9. The Hall–Kier alpha value is -1.31. The standard InChI is InChI=1S/C24H27ClN4O4.4H2S/c25-18-12-29(21-19(30)13-33-22(18)21)24(32)20(14-5-2-1-3-6-14)28-23(31)16-8-4-7-15(9-16)17-10-26-27-11-17;;;;/h4,7-11,14,18,20-22H,1-3,5-6,12-13H2,(H,26,27)(H,28,31);4*1H2/t18-,20-,21+,22+;;;;/m0..../s1. The van der Waals surface area contributed by atoms with E-state index in [1.807, 2.05) is 12.1 Å². The Morgan fingerprint density at radius 1 is 1.11 bits per heavy atom. The Morgan fingerprint density at radius 3 is 2.51 bits per heavy atom. The third kappa shape index (κ3) is 7.02. The molecule has 4 atom stereocenters. The summed E-state index contributed by atoms with van der Waals surface area (Å²) in [7, 11) is 0. The van der Waals surface area contributed by atoms with Gasteiger partial charge < -0.3 is 15.0 Å². The second-order valence-electron chi connectivity index (χ2n) is 9.11. The number of carbonyl (C=O) groups excluding carboxylic acids is 3. The van der Waals surface area contributed by atoms with Gasteiger partial charge in [0.25, 0.3) is 5.91 Å². The molecule has 0 spiro atoms. The van der Waals surface area contributed by atoms with Crippen molar-refractivity contribution in [1.82, 2.24) is 20.4 Å². The highest BCUT2D eigenvalue weighted by atomic mass is 35.5. The summed E-state index contributed by atoms with van der Waals surface area (Å²) >= 11 is 6.41. The molecule has 2 aliphatic heterocycles. The molecule has 206 valence electrons. The maximum Gasteiger partial charge on any atom is 0.251 e. The number of carbonyl (C=O) groups is 3. The first-order valence-electron chi connectivity index (χ1n) is 11.5. The van der Waals surface area contributed by atoms with Gasteiger partial charge in [-0.1, -0.05) is 31.4 Å². The number of aromatic nitrogens is 2. The summed E-state index contributed by atoms with van der Waals surface area (Å²) in [4.78, 5) is 41.0. The molecule has 2 aromatic rings. The number of amides is 2. The van der Waals surface area contributed by atoms with Crippen LogP contribution in [0.1, 0.15) is 42.5 Å². The number of benzene rings is 1. The summed E-state index contributed by atoms with van der Waals surface area (Å²) in [5.41, 5.74) is 2.20. The fraction of sp³-hybridized carbons (Fsp3) is 0.500. The Bertz CT molecular complexity index is 1060. The van der Waals surface area contributed by atoms with Crippen molar-refractivity contribution in [2.24, 2.45) is 5.92 Å². The summed E-state index contributed by atoms with van der Waals surface area (Å²) in [6.45, 7) is 0.222. The van der Waals surface area contributed by atoms with Crippen LogP contribution >= 0.6 is 65.6 Å².